The zero-order valence-electron chi connectivity index (χ0n) is 19.8. The summed E-state index contributed by atoms with van der Waals surface area (Å²) in [6, 6.07) is 28.0. The second-order valence-electron chi connectivity index (χ2n) is 8.85. The van der Waals surface area contributed by atoms with Gasteiger partial charge in [-0.25, -0.2) is 0 Å². The van der Waals surface area contributed by atoms with Crippen LogP contribution in [0.1, 0.15) is 33.5 Å². The molecule has 1 N–H and O–H groups in total. The molecule has 0 spiro atoms. The molecular formula is C29H30N4O2. The van der Waals surface area contributed by atoms with Gasteiger partial charge in [0, 0.05) is 44.7 Å². The average molecular weight is 467 g/mol. The van der Waals surface area contributed by atoms with Crippen molar-refractivity contribution >= 4 is 11.8 Å². The molecule has 1 saturated heterocycles. The molecule has 6 nitrogen and oxygen atoms in total. The van der Waals surface area contributed by atoms with E-state index in [1.54, 1.807) is 12.1 Å². The van der Waals surface area contributed by atoms with E-state index in [9.17, 15) is 9.59 Å². The second kappa shape index (κ2) is 12.0. The van der Waals surface area contributed by atoms with Crippen LogP contribution in [0, 0.1) is 11.3 Å². The van der Waals surface area contributed by atoms with Gasteiger partial charge in [0.15, 0.2) is 0 Å². The molecule has 35 heavy (non-hydrogen) atoms. The fraction of sp³-hybridized carbons (Fsp3) is 0.276. The largest absolute Gasteiger partial charge is 0.340 e. The topological polar surface area (TPSA) is 76.4 Å². The first-order valence-electron chi connectivity index (χ1n) is 12.0. The molecule has 3 aromatic carbocycles. The van der Waals surface area contributed by atoms with Crippen molar-refractivity contribution < 1.29 is 9.59 Å². The van der Waals surface area contributed by atoms with Crippen molar-refractivity contribution in [1.29, 1.82) is 5.26 Å². The number of carbonyl (C=O) groups excluding carboxylic acids is 2. The van der Waals surface area contributed by atoms with E-state index in [0.717, 1.165) is 37.2 Å². The van der Waals surface area contributed by atoms with Crippen molar-refractivity contribution in [2.75, 3.05) is 26.2 Å². The van der Waals surface area contributed by atoms with E-state index >= 15 is 0 Å². The van der Waals surface area contributed by atoms with Crippen molar-refractivity contribution in [2.45, 2.75) is 25.4 Å². The van der Waals surface area contributed by atoms with Crippen molar-refractivity contribution in [3.05, 3.63) is 107 Å². The number of hydrogen-bond acceptors (Lipinski definition) is 4. The van der Waals surface area contributed by atoms with Crippen LogP contribution in [0.4, 0.5) is 0 Å². The van der Waals surface area contributed by atoms with Crippen LogP contribution < -0.4 is 5.32 Å². The van der Waals surface area contributed by atoms with Gasteiger partial charge in [-0.2, -0.15) is 5.26 Å². The molecule has 6 heteroatoms. The summed E-state index contributed by atoms with van der Waals surface area (Å²) in [5.74, 6) is -0.282. The van der Waals surface area contributed by atoms with E-state index < -0.39 is 6.04 Å². The van der Waals surface area contributed by atoms with Gasteiger partial charge in [0.2, 0.25) is 5.91 Å². The number of nitrogens with zero attached hydrogens (tertiary/aromatic N) is 3. The third kappa shape index (κ3) is 6.78. The molecular weight excluding hydrogens is 436 g/mol. The van der Waals surface area contributed by atoms with Crippen molar-refractivity contribution in [3.63, 3.8) is 0 Å². The molecule has 1 aliphatic rings. The van der Waals surface area contributed by atoms with E-state index in [1.165, 1.54) is 0 Å². The molecule has 1 fully saturated rings. The molecule has 1 unspecified atom stereocenters. The minimum absolute atomic E-state index is 0.0432. The fourth-order valence-corrected chi connectivity index (χ4v) is 4.39. The van der Waals surface area contributed by atoms with Crippen LogP contribution in [0.5, 0.6) is 0 Å². The van der Waals surface area contributed by atoms with Crippen LogP contribution in [0.2, 0.25) is 0 Å². The van der Waals surface area contributed by atoms with E-state index in [0.29, 0.717) is 30.6 Å². The number of nitrogens with one attached hydrogen (secondary N) is 1. The second-order valence-corrected chi connectivity index (χ2v) is 8.85. The van der Waals surface area contributed by atoms with Gasteiger partial charge in [0.1, 0.15) is 6.04 Å². The maximum Gasteiger partial charge on any atom is 0.251 e. The van der Waals surface area contributed by atoms with E-state index in [4.69, 9.17) is 5.26 Å². The monoisotopic (exact) mass is 466 g/mol. The van der Waals surface area contributed by atoms with Crippen LogP contribution in [0.25, 0.3) is 0 Å². The summed E-state index contributed by atoms with van der Waals surface area (Å²) in [5.41, 5.74) is 3.36. The standard InChI is InChI=1S/C29H30N4O2/c30-21-24-12-14-25(15-13-24)22-32-16-7-17-33(19-18-32)29(35)27(20-23-8-3-1-4-9-23)31-28(34)26-10-5-2-6-11-26/h1-6,8-15,27H,7,16-20,22H2,(H,31,34). The predicted octanol–water partition coefficient (Wildman–Crippen LogP) is 3.63. The summed E-state index contributed by atoms with van der Waals surface area (Å²) in [5, 5.41) is 12.0. The van der Waals surface area contributed by atoms with Gasteiger partial charge in [0.05, 0.1) is 11.6 Å². The number of nitriles is 1. The minimum Gasteiger partial charge on any atom is -0.340 e. The Balaban J connectivity index is 1.42. The maximum absolute atomic E-state index is 13.6. The van der Waals surface area contributed by atoms with Gasteiger partial charge in [0.25, 0.3) is 5.91 Å². The van der Waals surface area contributed by atoms with Gasteiger partial charge in [-0.15, -0.1) is 0 Å². The lowest BCUT2D eigenvalue weighted by Crippen LogP contribution is -2.50. The quantitative estimate of drug-likeness (QED) is 0.577. The van der Waals surface area contributed by atoms with E-state index in [1.807, 2.05) is 77.7 Å². The highest BCUT2D eigenvalue weighted by atomic mass is 16.2. The lowest BCUT2D eigenvalue weighted by Gasteiger charge is -2.27. The minimum atomic E-state index is -0.629. The number of carbonyl (C=O) groups is 2. The Morgan fingerprint density at radius 3 is 2.20 bits per heavy atom. The van der Waals surface area contributed by atoms with Gasteiger partial charge in [-0.1, -0.05) is 60.7 Å². The summed E-state index contributed by atoms with van der Waals surface area (Å²) >= 11 is 0. The predicted molar refractivity (Wildman–Crippen MR) is 135 cm³/mol. The SMILES string of the molecule is N#Cc1ccc(CN2CCCN(C(=O)C(Cc3ccccc3)NC(=O)c3ccccc3)CC2)cc1. The van der Waals surface area contributed by atoms with Gasteiger partial charge < -0.3 is 10.2 Å². The van der Waals surface area contributed by atoms with Gasteiger partial charge >= 0.3 is 0 Å². The van der Waals surface area contributed by atoms with E-state index in [2.05, 4.69) is 16.3 Å². The Labute approximate surface area is 206 Å². The Morgan fingerprint density at radius 2 is 1.51 bits per heavy atom. The summed E-state index contributed by atoms with van der Waals surface area (Å²) in [4.78, 5) is 30.7. The smallest absolute Gasteiger partial charge is 0.251 e. The molecule has 2 amide bonds. The lowest BCUT2D eigenvalue weighted by molar-refractivity contribution is -0.133. The van der Waals surface area contributed by atoms with Crippen molar-refractivity contribution in [2.24, 2.45) is 0 Å². The lowest BCUT2D eigenvalue weighted by atomic mass is 10.0. The number of hydrogen-bond donors (Lipinski definition) is 1. The first-order chi connectivity index (χ1) is 17.1. The molecule has 0 aromatic heterocycles. The molecule has 0 aliphatic carbocycles. The van der Waals surface area contributed by atoms with Crippen molar-refractivity contribution in [1.82, 2.24) is 15.1 Å². The molecule has 4 rings (SSSR count). The molecule has 0 bridgehead atoms. The fourth-order valence-electron chi connectivity index (χ4n) is 4.39. The van der Waals surface area contributed by atoms with E-state index in [-0.39, 0.29) is 11.8 Å². The average Bonchev–Trinajstić information content (AvgIpc) is 3.15. The Hall–Kier alpha value is -3.95. The Morgan fingerprint density at radius 1 is 0.829 bits per heavy atom. The molecule has 1 heterocycles. The van der Waals surface area contributed by atoms with Crippen LogP contribution in [-0.2, 0) is 17.8 Å². The Kier molecular flexibility index (Phi) is 8.26. The third-order valence-corrected chi connectivity index (χ3v) is 6.31. The highest BCUT2D eigenvalue weighted by molar-refractivity contribution is 5.97. The van der Waals surface area contributed by atoms with Crippen LogP contribution >= 0.6 is 0 Å². The van der Waals surface area contributed by atoms with Crippen LogP contribution in [0.3, 0.4) is 0 Å². The summed E-state index contributed by atoms with van der Waals surface area (Å²) < 4.78 is 0. The number of rotatable bonds is 7. The molecule has 1 atom stereocenters. The zero-order chi connectivity index (χ0) is 24.5. The molecule has 1 aliphatic heterocycles. The third-order valence-electron chi connectivity index (χ3n) is 6.31. The molecule has 0 saturated carbocycles. The molecule has 0 radical (unpaired) electrons. The number of amides is 2. The summed E-state index contributed by atoms with van der Waals surface area (Å²) in [6.45, 7) is 3.71. The Bertz CT molecular complexity index is 1160. The van der Waals surface area contributed by atoms with Crippen LogP contribution in [-0.4, -0.2) is 53.8 Å². The summed E-state index contributed by atoms with van der Waals surface area (Å²) in [6.07, 6.45) is 1.32. The molecule has 178 valence electrons. The zero-order valence-corrected chi connectivity index (χ0v) is 19.8. The van der Waals surface area contributed by atoms with Crippen LogP contribution in [0.15, 0.2) is 84.9 Å². The number of benzene rings is 3. The van der Waals surface area contributed by atoms with Gasteiger partial charge in [-0.3, -0.25) is 14.5 Å². The summed E-state index contributed by atoms with van der Waals surface area (Å²) in [7, 11) is 0. The van der Waals surface area contributed by atoms with Gasteiger partial charge in [-0.05, 0) is 41.8 Å². The van der Waals surface area contributed by atoms with Crippen molar-refractivity contribution in [3.8, 4) is 6.07 Å². The normalized spacial score (nSPS) is 15.0. The maximum atomic E-state index is 13.6. The first kappa shape index (κ1) is 24.2. The highest BCUT2D eigenvalue weighted by Gasteiger charge is 2.28. The molecule has 3 aromatic rings. The first-order valence-corrected chi connectivity index (χ1v) is 12.0. The highest BCUT2D eigenvalue weighted by Crippen LogP contribution is 2.13.